The van der Waals surface area contributed by atoms with Gasteiger partial charge in [0.1, 0.15) is 0 Å². The number of halogens is 1. The summed E-state index contributed by atoms with van der Waals surface area (Å²) in [5.41, 5.74) is 3.92. The molecule has 0 unspecified atom stereocenters. The van der Waals surface area contributed by atoms with Gasteiger partial charge in [-0.2, -0.15) is 10.4 Å². The van der Waals surface area contributed by atoms with Gasteiger partial charge in [-0.15, -0.1) is 0 Å². The van der Waals surface area contributed by atoms with Gasteiger partial charge in [-0.3, -0.25) is 4.79 Å². The summed E-state index contributed by atoms with van der Waals surface area (Å²) in [5.74, 6) is -0.172. The summed E-state index contributed by atoms with van der Waals surface area (Å²) in [6.45, 7) is 0. The van der Waals surface area contributed by atoms with Gasteiger partial charge in [-0.25, -0.2) is 4.68 Å². The fraction of sp³-hybridized carbons (Fsp3) is 0.476. The third-order valence-corrected chi connectivity index (χ3v) is 6.79. The maximum Gasteiger partial charge on any atom is 0.253 e. The zero-order chi connectivity index (χ0) is 19.3. The van der Waals surface area contributed by atoms with Crippen LogP contribution >= 0.6 is 11.6 Å². The van der Waals surface area contributed by atoms with Crippen LogP contribution in [0.15, 0.2) is 24.4 Å². The molecule has 28 heavy (non-hydrogen) atoms. The van der Waals surface area contributed by atoms with Crippen LogP contribution in [0.4, 0.5) is 0 Å². The molecule has 2 bridgehead atoms. The van der Waals surface area contributed by atoms with Gasteiger partial charge in [0.25, 0.3) is 5.91 Å². The molecule has 144 valence electrons. The van der Waals surface area contributed by atoms with E-state index >= 15 is 0 Å². The molecule has 1 aromatic carbocycles. The third-order valence-electron chi connectivity index (χ3n) is 6.48. The van der Waals surface area contributed by atoms with Crippen LogP contribution in [0.2, 0.25) is 5.02 Å². The number of carbonyl (C=O) groups is 1. The minimum absolute atomic E-state index is 0.0137. The maximum absolute atomic E-state index is 12.8. The highest BCUT2D eigenvalue weighted by atomic mass is 35.5. The van der Waals surface area contributed by atoms with Crippen molar-refractivity contribution in [2.45, 2.75) is 63.1 Å². The van der Waals surface area contributed by atoms with Crippen molar-refractivity contribution in [3.05, 3.63) is 46.2 Å². The van der Waals surface area contributed by atoms with Crippen LogP contribution in [0.3, 0.4) is 0 Å². The van der Waals surface area contributed by atoms with E-state index in [1.807, 2.05) is 27.9 Å². The van der Waals surface area contributed by atoms with Gasteiger partial charge < -0.3 is 10.2 Å². The first-order valence-electron chi connectivity index (χ1n) is 10.0. The molecule has 0 saturated carbocycles. The Morgan fingerprint density at radius 1 is 1.29 bits per heavy atom. The molecule has 2 fully saturated rings. The summed E-state index contributed by atoms with van der Waals surface area (Å²) in [7, 11) is 0. The average Bonchev–Trinajstić information content (AvgIpc) is 3.39. The van der Waals surface area contributed by atoms with Gasteiger partial charge in [-0.1, -0.05) is 11.6 Å². The Morgan fingerprint density at radius 3 is 2.93 bits per heavy atom. The molecule has 3 aliphatic rings. The van der Waals surface area contributed by atoms with Gasteiger partial charge >= 0.3 is 0 Å². The van der Waals surface area contributed by atoms with Crippen molar-refractivity contribution in [2.75, 3.05) is 0 Å². The van der Waals surface area contributed by atoms with E-state index in [2.05, 4.69) is 16.6 Å². The van der Waals surface area contributed by atoms with Gasteiger partial charge in [0.2, 0.25) is 0 Å². The third kappa shape index (κ3) is 2.77. The molecule has 7 heteroatoms. The van der Waals surface area contributed by atoms with Crippen molar-refractivity contribution < 1.29 is 4.79 Å². The van der Waals surface area contributed by atoms with Crippen molar-refractivity contribution in [1.29, 1.82) is 5.26 Å². The lowest BCUT2D eigenvalue weighted by Gasteiger charge is -2.22. The predicted molar refractivity (Wildman–Crippen MR) is 105 cm³/mol. The van der Waals surface area contributed by atoms with Gasteiger partial charge in [0.15, 0.2) is 6.19 Å². The van der Waals surface area contributed by atoms with Crippen LogP contribution in [-0.4, -0.2) is 38.7 Å². The summed E-state index contributed by atoms with van der Waals surface area (Å²) in [5, 5.41) is 17.4. The van der Waals surface area contributed by atoms with E-state index in [0.717, 1.165) is 37.8 Å². The van der Waals surface area contributed by atoms with E-state index in [1.54, 1.807) is 6.07 Å². The minimum atomic E-state index is -0.172. The lowest BCUT2D eigenvalue weighted by Crippen LogP contribution is -2.43. The number of nitrogens with one attached hydrogen (secondary N) is 1. The standard InChI is InChI=1S/C21H22ClN5O/c22-17-9-15(27-19-4-2-1-3-13(19)11-24-27)5-7-16(17)21(28)25-18-10-14-6-8-20(18)26(14)12-23/h5,7,9,11,14,18,20H,1-4,6,8,10H2,(H,25,28)/t14-,18+,20+/m0/s1. The fourth-order valence-electron chi connectivity index (χ4n) is 5.08. The number of carbonyl (C=O) groups excluding carboxylic acids is 1. The first-order chi connectivity index (χ1) is 13.7. The van der Waals surface area contributed by atoms with Crippen LogP contribution in [-0.2, 0) is 12.8 Å². The van der Waals surface area contributed by atoms with Crippen molar-refractivity contribution in [1.82, 2.24) is 20.0 Å². The molecule has 1 aromatic heterocycles. The number of hydrogen-bond donors (Lipinski definition) is 1. The second kappa shape index (κ2) is 6.82. The Bertz CT molecular complexity index is 978. The molecule has 1 N–H and O–H groups in total. The van der Waals surface area contributed by atoms with E-state index in [-0.39, 0.29) is 24.0 Å². The molecule has 2 aromatic rings. The van der Waals surface area contributed by atoms with Crippen LogP contribution in [0, 0.1) is 11.5 Å². The molecule has 0 radical (unpaired) electrons. The average molecular weight is 396 g/mol. The Hall–Kier alpha value is -2.52. The number of aryl methyl sites for hydroxylation is 1. The highest BCUT2D eigenvalue weighted by molar-refractivity contribution is 6.34. The van der Waals surface area contributed by atoms with Crippen LogP contribution < -0.4 is 5.32 Å². The Kier molecular flexibility index (Phi) is 4.28. The maximum atomic E-state index is 12.8. The number of rotatable bonds is 3. The monoisotopic (exact) mass is 395 g/mol. The molecule has 2 aliphatic heterocycles. The van der Waals surface area contributed by atoms with Gasteiger partial charge in [0.05, 0.1) is 34.6 Å². The summed E-state index contributed by atoms with van der Waals surface area (Å²) in [6.07, 6.45) is 11.5. The van der Waals surface area contributed by atoms with Crippen molar-refractivity contribution in [3.8, 4) is 11.9 Å². The summed E-state index contributed by atoms with van der Waals surface area (Å²) >= 11 is 6.48. The van der Waals surface area contributed by atoms with Crippen molar-refractivity contribution in [3.63, 3.8) is 0 Å². The summed E-state index contributed by atoms with van der Waals surface area (Å²) < 4.78 is 1.95. The topological polar surface area (TPSA) is 74.0 Å². The molecule has 2 saturated heterocycles. The molecular weight excluding hydrogens is 374 g/mol. The van der Waals surface area contributed by atoms with E-state index in [4.69, 9.17) is 11.6 Å². The number of aromatic nitrogens is 2. The minimum Gasteiger partial charge on any atom is -0.347 e. The predicted octanol–water partition coefficient (Wildman–Crippen LogP) is 3.22. The van der Waals surface area contributed by atoms with Crippen molar-refractivity contribution in [2.24, 2.45) is 0 Å². The lowest BCUT2D eigenvalue weighted by molar-refractivity contribution is 0.0928. The molecule has 5 rings (SSSR count). The zero-order valence-electron chi connectivity index (χ0n) is 15.6. The quantitative estimate of drug-likeness (QED) is 0.810. The molecular formula is C21H22ClN5O. The molecule has 1 aliphatic carbocycles. The van der Waals surface area contributed by atoms with E-state index in [1.165, 1.54) is 24.1 Å². The van der Waals surface area contributed by atoms with Crippen LogP contribution in [0.5, 0.6) is 0 Å². The smallest absolute Gasteiger partial charge is 0.253 e. The Labute approximate surface area is 169 Å². The van der Waals surface area contributed by atoms with Crippen molar-refractivity contribution >= 4 is 17.5 Å². The largest absolute Gasteiger partial charge is 0.347 e. The normalized spacial score (nSPS) is 25.4. The Balaban J connectivity index is 1.35. The highest BCUT2D eigenvalue weighted by Gasteiger charge is 2.46. The van der Waals surface area contributed by atoms with Gasteiger partial charge in [-0.05, 0) is 68.7 Å². The van der Waals surface area contributed by atoms with E-state index in [0.29, 0.717) is 10.6 Å². The first kappa shape index (κ1) is 17.6. The van der Waals surface area contributed by atoms with Crippen LogP contribution in [0.1, 0.15) is 53.7 Å². The van der Waals surface area contributed by atoms with E-state index < -0.39 is 0 Å². The Morgan fingerprint density at radius 2 is 2.14 bits per heavy atom. The second-order valence-electron chi connectivity index (χ2n) is 8.02. The number of fused-ring (bicyclic) bond motifs is 3. The van der Waals surface area contributed by atoms with Gasteiger partial charge in [0, 0.05) is 11.7 Å². The number of benzene rings is 1. The molecule has 3 atom stereocenters. The number of nitriles is 1. The highest BCUT2D eigenvalue weighted by Crippen LogP contribution is 2.37. The zero-order valence-corrected chi connectivity index (χ0v) is 16.3. The molecule has 0 spiro atoms. The lowest BCUT2D eigenvalue weighted by atomic mass is 9.95. The molecule has 3 heterocycles. The second-order valence-corrected chi connectivity index (χ2v) is 8.43. The summed E-state index contributed by atoms with van der Waals surface area (Å²) in [4.78, 5) is 14.6. The first-order valence-corrected chi connectivity index (χ1v) is 10.4. The van der Waals surface area contributed by atoms with E-state index in [9.17, 15) is 10.1 Å². The number of hydrogen-bond acceptors (Lipinski definition) is 4. The number of amides is 1. The number of nitrogens with zero attached hydrogens (tertiary/aromatic N) is 4. The SMILES string of the molecule is N#CN1[C@H]2CC[C@@H]1[C@H](NC(=O)c1ccc(-n3ncc4c3CCCC4)cc1Cl)C2. The molecule has 1 amide bonds. The summed E-state index contributed by atoms with van der Waals surface area (Å²) in [6, 6.07) is 5.90. The van der Waals surface area contributed by atoms with Crippen LogP contribution in [0.25, 0.3) is 5.69 Å². The fourth-order valence-corrected chi connectivity index (χ4v) is 5.34. The molecule has 6 nitrogen and oxygen atoms in total.